The van der Waals surface area contributed by atoms with Gasteiger partial charge in [-0.3, -0.25) is 0 Å². The number of halogens is 1. The molecule has 29 heavy (non-hydrogen) atoms. The number of thiazole rings is 1. The predicted molar refractivity (Wildman–Crippen MR) is 125 cm³/mol. The first kappa shape index (κ1) is 18.6. The molecule has 0 aliphatic carbocycles. The van der Waals surface area contributed by atoms with Gasteiger partial charge in [-0.2, -0.15) is 0 Å². The lowest BCUT2D eigenvalue weighted by Gasteiger charge is -2.03. The number of nitrogens with zero attached hydrogens (tertiary/aromatic N) is 3. The normalized spacial score (nSPS) is 11.7. The minimum atomic E-state index is 0.686. The van der Waals surface area contributed by atoms with Crippen LogP contribution in [0.1, 0.15) is 0 Å². The van der Waals surface area contributed by atoms with Crippen LogP contribution in [0.4, 0.5) is 0 Å². The number of hydrogen-bond acceptors (Lipinski definition) is 3. The number of rotatable bonds is 5. The van der Waals surface area contributed by atoms with E-state index in [9.17, 15) is 0 Å². The van der Waals surface area contributed by atoms with E-state index < -0.39 is 0 Å². The average molecular weight is 466 g/mol. The first-order chi connectivity index (χ1) is 14.2. The van der Waals surface area contributed by atoms with Gasteiger partial charge >= 0.3 is 0 Å². The van der Waals surface area contributed by atoms with Crippen molar-refractivity contribution in [3.05, 3.63) is 64.7 Å². The van der Waals surface area contributed by atoms with Crippen molar-refractivity contribution in [2.45, 2.75) is 6.54 Å². The Hall–Kier alpha value is -2.41. The molecule has 0 saturated heterocycles. The van der Waals surface area contributed by atoms with Crippen molar-refractivity contribution in [1.82, 2.24) is 14.1 Å². The predicted octanol–water partition coefficient (Wildman–Crippen LogP) is 6.33. The Balaban J connectivity index is 1.62. The van der Waals surface area contributed by atoms with Crippen LogP contribution in [-0.4, -0.2) is 27.8 Å². The van der Waals surface area contributed by atoms with Crippen LogP contribution in [-0.2, 0) is 18.3 Å². The van der Waals surface area contributed by atoms with E-state index in [0.29, 0.717) is 6.61 Å². The van der Waals surface area contributed by atoms with E-state index in [1.54, 1.807) is 18.4 Å². The monoisotopic (exact) mass is 465 g/mol. The topological polar surface area (TPSA) is 32.0 Å². The molecule has 2 aromatic carbocycles. The number of aromatic nitrogens is 3. The van der Waals surface area contributed by atoms with Crippen molar-refractivity contribution in [2.24, 2.45) is 7.05 Å². The molecule has 146 valence electrons. The molecule has 0 saturated carbocycles. The van der Waals surface area contributed by atoms with Crippen molar-refractivity contribution in [3.8, 4) is 21.8 Å². The fourth-order valence-corrected chi connectivity index (χ4v) is 5.09. The standard InChI is InChI=1S/C23H20BrN3OS/c1-26-12-19(17-11-15(24)7-8-21(17)26)23-25-20(14-29-23)18-13-27(9-10-28-2)22-6-4-3-5-16(18)22/h3-8,11-14H,9-10H2,1-2H3. The summed E-state index contributed by atoms with van der Waals surface area (Å²) in [5.74, 6) is 0. The number of benzene rings is 2. The summed E-state index contributed by atoms with van der Waals surface area (Å²) in [7, 11) is 3.82. The fraction of sp³-hybridized carbons (Fsp3) is 0.174. The van der Waals surface area contributed by atoms with Crippen LogP contribution in [0.3, 0.4) is 0 Å². The molecule has 0 spiro atoms. The highest BCUT2D eigenvalue weighted by atomic mass is 79.9. The number of para-hydroxylation sites is 1. The van der Waals surface area contributed by atoms with E-state index >= 15 is 0 Å². The van der Waals surface area contributed by atoms with Crippen molar-refractivity contribution in [1.29, 1.82) is 0 Å². The summed E-state index contributed by atoms with van der Waals surface area (Å²) in [4.78, 5) is 5.03. The molecule has 5 rings (SSSR count). The molecular weight excluding hydrogens is 446 g/mol. The average Bonchev–Trinajstić information content (AvgIpc) is 3.42. The van der Waals surface area contributed by atoms with Crippen LogP contribution in [0.15, 0.2) is 64.7 Å². The van der Waals surface area contributed by atoms with Crippen molar-refractivity contribution >= 4 is 49.1 Å². The maximum Gasteiger partial charge on any atom is 0.126 e. The van der Waals surface area contributed by atoms with Gasteiger partial charge in [0.1, 0.15) is 5.01 Å². The van der Waals surface area contributed by atoms with Gasteiger partial charge in [0.15, 0.2) is 0 Å². The molecule has 0 fully saturated rings. The largest absolute Gasteiger partial charge is 0.383 e. The third-order valence-corrected chi connectivity index (χ3v) is 6.66. The van der Waals surface area contributed by atoms with Crippen LogP contribution in [0.5, 0.6) is 0 Å². The fourth-order valence-electron chi connectivity index (χ4n) is 3.88. The molecule has 0 amide bonds. The van der Waals surface area contributed by atoms with Gasteiger partial charge in [-0.05, 0) is 24.3 Å². The Morgan fingerprint density at radius 1 is 1.03 bits per heavy atom. The molecule has 3 aromatic heterocycles. The summed E-state index contributed by atoms with van der Waals surface area (Å²) in [6.07, 6.45) is 4.36. The maximum atomic E-state index is 5.28. The Bertz CT molecular complexity index is 1330. The Kier molecular flexibility index (Phi) is 4.78. The van der Waals surface area contributed by atoms with E-state index in [0.717, 1.165) is 21.7 Å². The highest BCUT2D eigenvalue weighted by molar-refractivity contribution is 9.10. The van der Waals surface area contributed by atoms with E-state index in [2.05, 4.69) is 92.4 Å². The Labute approximate surface area is 181 Å². The number of ether oxygens (including phenoxy) is 1. The van der Waals surface area contributed by atoms with Gasteiger partial charge in [0.2, 0.25) is 0 Å². The molecule has 3 heterocycles. The zero-order valence-electron chi connectivity index (χ0n) is 16.2. The number of hydrogen-bond donors (Lipinski definition) is 0. The molecule has 0 N–H and O–H groups in total. The highest BCUT2D eigenvalue weighted by Crippen LogP contribution is 2.37. The van der Waals surface area contributed by atoms with Crippen LogP contribution in [0.2, 0.25) is 0 Å². The quantitative estimate of drug-likeness (QED) is 0.303. The summed E-state index contributed by atoms with van der Waals surface area (Å²) in [5.41, 5.74) is 5.77. The second kappa shape index (κ2) is 7.44. The van der Waals surface area contributed by atoms with Crippen molar-refractivity contribution < 1.29 is 4.74 Å². The molecule has 0 aliphatic heterocycles. The molecule has 6 heteroatoms. The van der Waals surface area contributed by atoms with Gasteiger partial charge in [-0.15, -0.1) is 11.3 Å². The first-order valence-electron chi connectivity index (χ1n) is 9.43. The summed E-state index contributed by atoms with van der Waals surface area (Å²) >= 11 is 5.30. The van der Waals surface area contributed by atoms with E-state index in [1.807, 2.05) is 0 Å². The van der Waals surface area contributed by atoms with Gasteiger partial charge < -0.3 is 13.9 Å². The lowest BCUT2D eigenvalue weighted by atomic mass is 10.1. The van der Waals surface area contributed by atoms with E-state index in [-0.39, 0.29) is 0 Å². The molecule has 4 nitrogen and oxygen atoms in total. The molecule has 0 unspecified atom stereocenters. The summed E-state index contributed by atoms with van der Waals surface area (Å²) in [6, 6.07) is 14.9. The zero-order valence-corrected chi connectivity index (χ0v) is 18.6. The van der Waals surface area contributed by atoms with Crippen molar-refractivity contribution in [3.63, 3.8) is 0 Å². The summed E-state index contributed by atoms with van der Waals surface area (Å²) < 4.78 is 10.8. The van der Waals surface area contributed by atoms with Crippen molar-refractivity contribution in [2.75, 3.05) is 13.7 Å². The van der Waals surface area contributed by atoms with Gasteiger partial charge in [-0.25, -0.2) is 4.98 Å². The van der Waals surface area contributed by atoms with Gasteiger partial charge in [-0.1, -0.05) is 34.1 Å². The second-order valence-corrected chi connectivity index (χ2v) is 8.87. The lowest BCUT2D eigenvalue weighted by Crippen LogP contribution is -2.02. The number of fused-ring (bicyclic) bond motifs is 2. The van der Waals surface area contributed by atoms with E-state index in [1.165, 1.54) is 32.9 Å². The van der Waals surface area contributed by atoms with Crippen LogP contribution in [0, 0.1) is 0 Å². The summed E-state index contributed by atoms with van der Waals surface area (Å²) in [5, 5.41) is 5.64. The molecule has 0 radical (unpaired) electrons. The van der Waals surface area contributed by atoms with Crippen LogP contribution >= 0.6 is 27.3 Å². The minimum absolute atomic E-state index is 0.686. The number of methoxy groups -OCH3 is 1. The Morgan fingerprint density at radius 3 is 2.76 bits per heavy atom. The Morgan fingerprint density at radius 2 is 1.90 bits per heavy atom. The third kappa shape index (κ3) is 3.21. The number of aryl methyl sites for hydroxylation is 1. The van der Waals surface area contributed by atoms with Gasteiger partial charge in [0.05, 0.1) is 12.3 Å². The smallest absolute Gasteiger partial charge is 0.126 e. The molecule has 0 bridgehead atoms. The van der Waals surface area contributed by atoms with E-state index in [4.69, 9.17) is 9.72 Å². The SMILES string of the molecule is COCCn1cc(-c2csc(-c3cn(C)c4ccc(Br)cc34)n2)c2ccccc21. The highest BCUT2D eigenvalue weighted by Gasteiger charge is 2.16. The van der Waals surface area contributed by atoms with Crippen LogP contribution in [0.25, 0.3) is 43.6 Å². The minimum Gasteiger partial charge on any atom is -0.383 e. The second-order valence-electron chi connectivity index (χ2n) is 7.10. The zero-order chi connectivity index (χ0) is 20.0. The maximum absolute atomic E-state index is 5.28. The van der Waals surface area contributed by atoms with Gasteiger partial charge in [0, 0.05) is 75.9 Å². The molecule has 0 aliphatic rings. The molecule has 0 atom stereocenters. The van der Waals surface area contributed by atoms with Gasteiger partial charge in [0.25, 0.3) is 0 Å². The summed E-state index contributed by atoms with van der Waals surface area (Å²) in [6.45, 7) is 1.51. The lowest BCUT2D eigenvalue weighted by molar-refractivity contribution is 0.188. The van der Waals surface area contributed by atoms with Crippen LogP contribution < -0.4 is 0 Å². The first-order valence-corrected chi connectivity index (χ1v) is 11.1. The molecule has 5 aromatic rings. The third-order valence-electron chi connectivity index (χ3n) is 5.29. The molecular formula is C23H20BrN3OS.